The number of rotatable bonds is 8. The minimum absolute atomic E-state index is 0.177. The fourth-order valence-electron chi connectivity index (χ4n) is 2.55. The summed E-state index contributed by atoms with van der Waals surface area (Å²) in [5.74, 6) is 1.92. The summed E-state index contributed by atoms with van der Waals surface area (Å²) in [6.07, 6.45) is 0.873. The second-order valence-electron chi connectivity index (χ2n) is 6.02. The second-order valence-corrected chi connectivity index (χ2v) is 6.99. The van der Waals surface area contributed by atoms with Crippen LogP contribution in [0.25, 0.3) is 22.8 Å². The van der Waals surface area contributed by atoms with E-state index in [1.54, 1.807) is 18.4 Å². The van der Waals surface area contributed by atoms with Crippen molar-refractivity contribution in [1.82, 2.24) is 10.2 Å². The van der Waals surface area contributed by atoms with E-state index in [1.165, 1.54) is 11.8 Å². The first-order chi connectivity index (χ1) is 13.8. The third-order valence-electron chi connectivity index (χ3n) is 3.94. The first kappa shape index (κ1) is 18.3. The van der Waals surface area contributed by atoms with E-state index in [1.807, 2.05) is 42.5 Å². The molecule has 2 aromatic carbocycles. The molecule has 0 fully saturated rings. The van der Waals surface area contributed by atoms with Crippen LogP contribution in [0.15, 0.2) is 87.1 Å². The van der Waals surface area contributed by atoms with Gasteiger partial charge in [-0.1, -0.05) is 54.2 Å². The summed E-state index contributed by atoms with van der Waals surface area (Å²) >= 11 is 1.27. The minimum atomic E-state index is -0.669. The summed E-state index contributed by atoms with van der Waals surface area (Å²) in [5, 5.41) is 18.4. The van der Waals surface area contributed by atoms with Gasteiger partial charge in [-0.25, -0.2) is 0 Å². The van der Waals surface area contributed by atoms with Gasteiger partial charge in [-0.15, -0.1) is 10.2 Å². The highest BCUT2D eigenvalue weighted by atomic mass is 32.2. The van der Waals surface area contributed by atoms with Crippen molar-refractivity contribution in [3.8, 4) is 28.5 Å². The van der Waals surface area contributed by atoms with E-state index in [4.69, 9.17) is 13.6 Å². The van der Waals surface area contributed by atoms with Crippen LogP contribution in [0.2, 0.25) is 0 Å². The van der Waals surface area contributed by atoms with Gasteiger partial charge in [-0.2, -0.15) is 0 Å². The molecule has 1 unspecified atom stereocenters. The van der Waals surface area contributed by atoms with E-state index in [0.717, 1.165) is 11.1 Å². The molecule has 0 spiro atoms. The van der Waals surface area contributed by atoms with Crippen molar-refractivity contribution >= 4 is 11.8 Å². The maximum absolute atomic E-state index is 10.1. The molecule has 7 heteroatoms. The Morgan fingerprint density at radius 3 is 2.46 bits per heavy atom. The topological polar surface area (TPSA) is 81.5 Å². The molecular weight excluding hydrogens is 376 g/mol. The van der Waals surface area contributed by atoms with E-state index in [2.05, 4.69) is 22.3 Å². The standard InChI is InChI=1S/C21H18N2O4S/c24-17(14-28-21-23-22-20(27-21)19-7-4-12-25-19)13-26-18-10-8-16(9-11-18)15-5-2-1-3-6-15/h1-12,17,24H,13-14H2. The molecule has 1 N–H and O–H groups in total. The van der Waals surface area contributed by atoms with Gasteiger partial charge in [-0.3, -0.25) is 0 Å². The highest BCUT2D eigenvalue weighted by Crippen LogP contribution is 2.25. The van der Waals surface area contributed by atoms with Crippen molar-refractivity contribution in [3.05, 3.63) is 73.0 Å². The Morgan fingerprint density at radius 1 is 0.929 bits per heavy atom. The molecule has 0 bridgehead atoms. The van der Waals surface area contributed by atoms with Crippen molar-refractivity contribution in [1.29, 1.82) is 0 Å². The van der Waals surface area contributed by atoms with E-state index in [0.29, 0.717) is 28.4 Å². The molecule has 6 nitrogen and oxygen atoms in total. The molecule has 28 heavy (non-hydrogen) atoms. The third-order valence-corrected chi connectivity index (χ3v) is 4.90. The second kappa shape index (κ2) is 8.77. The summed E-state index contributed by atoms with van der Waals surface area (Å²) in [7, 11) is 0. The number of benzene rings is 2. The number of nitrogens with zero attached hydrogens (tertiary/aromatic N) is 2. The quantitative estimate of drug-likeness (QED) is 0.440. The van der Waals surface area contributed by atoms with Crippen molar-refractivity contribution < 1.29 is 18.7 Å². The van der Waals surface area contributed by atoms with Crippen LogP contribution in [0.4, 0.5) is 0 Å². The van der Waals surface area contributed by atoms with Crippen LogP contribution >= 0.6 is 11.8 Å². The van der Waals surface area contributed by atoms with Gasteiger partial charge >= 0.3 is 0 Å². The number of ether oxygens (including phenoxy) is 1. The lowest BCUT2D eigenvalue weighted by Gasteiger charge is -2.11. The van der Waals surface area contributed by atoms with Crippen LogP contribution in [0, 0.1) is 0 Å². The van der Waals surface area contributed by atoms with Crippen molar-refractivity contribution in [2.24, 2.45) is 0 Å². The zero-order chi connectivity index (χ0) is 19.2. The van der Waals surface area contributed by atoms with Crippen LogP contribution in [-0.2, 0) is 0 Å². The van der Waals surface area contributed by atoms with Gasteiger partial charge in [0.2, 0.25) is 0 Å². The van der Waals surface area contributed by atoms with Crippen molar-refractivity contribution in [3.63, 3.8) is 0 Å². The largest absolute Gasteiger partial charge is 0.491 e. The third kappa shape index (κ3) is 4.62. The van der Waals surface area contributed by atoms with Crippen molar-refractivity contribution in [2.75, 3.05) is 12.4 Å². The number of aromatic nitrogens is 2. The Hall–Kier alpha value is -3.03. The number of aliphatic hydroxyl groups excluding tert-OH is 1. The van der Waals surface area contributed by atoms with Crippen LogP contribution in [0.5, 0.6) is 5.75 Å². The van der Waals surface area contributed by atoms with Gasteiger partial charge in [0, 0.05) is 5.75 Å². The van der Waals surface area contributed by atoms with E-state index >= 15 is 0 Å². The van der Waals surface area contributed by atoms with Gasteiger partial charge in [0.1, 0.15) is 12.4 Å². The van der Waals surface area contributed by atoms with E-state index < -0.39 is 6.10 Å². The zero-order valence-corrected chi connectivity index (χ0v) is 15.7. The Balaban J connectivity index is 1.25. The molecule has 2 heterocycles. The normalized spacial score (nSPS) is 12.0. The van der Waals surface area contributed by atoms with Gasteiger partial charge < -0.3 is 18.7 Å². The van der Waals surface area contributed by atoms with Gasteiger partial charge in [0.15, 0.2) is 5.76 Å². The lowest BCUT2D eigenvalue weighted by atomic mass is 10.1. The zero-order valence-electron chi connectivity index (χ0n) is 14.9. The van der Waals surface area contributed by atoms with Crippen LogP contribution in [0.3, 0.4) is 0 Å². The maximum atomic E-state index is 10.1. The summed E-state index contributed by atoms with van der Waals surface area (Å²) in [6.45, 7) is 0.177. The summed E-state index contributed by atoms with van der Waals surface area (Å²) in [6, 6.07) is 21.4. The smallest absolute Gasteiger partial charge is 0.284 e. The molecule has 0 aliphatic heterocycles. The monoisotopic (exact) mass is 394 g/mol. The maximum Gasteiger partial charge on any atom is 0.284 e. The number of hydrogen-bond donors (Lipinski definition) is 1. The molecule has 1 atom stereocenters. The van der Waals surface area contributed by atoms with Crippen LogP contribution in [-0.4, -0.2) is 33.8 Å². The van der Waals surface area contributed by atoms with Crippen molar-refractivity contribution in [2.45, 2.75) is 11.3 Å². The number of furan rings is 1. The number of hydrogen-bond acceptors (Lipinski definition) is 7. The SMILES string of the molecule is OC(COc1ccc(-c2ccccc2)cc1)CSc1nnc(-c2ccco2)o1. The first-order valence-electron chi connectivity index (χ1n) is 8.74. The van der Waals surface area contributed by atoms with E-state index in [-0.39, 0.29) is 6.61 Å². The molecule has 0 amide bonds. The van der Waals surface area contributed by atoms with Gasteiger partial charge in [0.05, 0.1) is 12.4 Å². The van der Waals surface area contributed by atoms with Crippen LogP contribution < -0.4 is 4.74 Å². The molecule has 142 valence electrons. The first-order valence-corrected chi connectivity index (χ1v) is 9.73. The molecule has 2 aromatic heterocycles. The fraction of sp³-hybridized carbons (Fsp3) is 0.143. The summed E-state index contributed by atoms with van der Waals surface area (Å²) in [4.78, 5) is 0. The average molecular weight is 394 g/mol. The van der Waals surface area contributed by atoms with Crippen LogP contribution in [0.1, 0.15) is 0 Å². The molecule has 4 aromatic rings. The minimum Gasteiger partial charge on any atom is -0.491 e. The molecule has 0 aliphatic carbocycles. The Kier molecular flexibility index (Phi) is 5.75. The van der Waals surface area contributed by atoms with Gasteiger partial charge in [0.25, 0.3) is 11.1 Å². The summed E-state index contributed by atoms with van der Waals surface area (Å²) in [5.41, 5.74) is 2.27. The molecule has 0 radical (unpaired) electrons. The lowest BCUT2D eigenvalue weighted by molar-refractivity contribution is 0.126. The highest BCUT2D eigenvalue weighted by molar-refractivity contribution is 7.99. The Labute approximate surface area is 166 Å². The lowest BCUT2D eigenvalue weighted by Crippen LogP contribution is -2.20. The summed E-state index contributed by atoms with van der Waals surface area (Å²) < 4.78 is 16.4. The number of thioether (sulfide) groups is 1. The average Bonchev–Trinajstić information content (AvgIpc) is 3.43. The molecular formula is C21H18N2O4S. The predicted octanol–water partition coefficient (Wildman–Crippen LogP) is 4.53. The highest BCUT2D eigenvalue weighted by Gasteiger charge is 2.13. The number of aliphatic hydroxyl groups is 1. The molecule has 0 saturated heterocycles. The molecule has 0 saturated carbocycles. The fourth-order valence-corrected chi connectivity index (χ4v) is 3.22. The van der Waals surface area contributed by atoms with E-state index in [9.17, 15) is 5.11 Å². The predicted molar refractivity (Wildman–Crippen MR) is 106 cm³/mol. The molecule has 0 aliphatic rings. The van der Waals surface area contributed by atoms with Gasteiger partial charge in [-0.05, 0) is 35.4 Å². The Bertz CT molecular complexity index is 985. The Morgan fingerprint density at radius 2 is 1.71 bits per heavy atom. The molecule has 4 rings (SSSR count).